The van der Waals surface area contributed by atoms with Crippen molar-refractivity contribution in [2.24, 2.45) is 0 Å². The summed E-state index contributed by atoms with van der Waals surface area (Å²) in [6.45, 7) is 6.68. The van der Waals surface area contributed by atoms with E-state index in [4.69, 9.17) is 29.1 Å². The molecule has 2 aliphatic rings. The first-order valence-electron chi connectivity index (χ1n) is 10.2. The van der Waals surface area contributed by atoms with Crippen molar-refractivity contribution in [2.75, 3.05) is 13.2 Å². The Bertz CT molecular complexity index is 1000. The number of alkyl halides is 6. The van der Waals surface area contributed by atoms with Crippen LogP contribution in [0.5, 0.6) is 0 Å². The van der Waals surface area contributed by atoms with Gasteiger partial charge in [0, 0.05) is 30.6 Å². The van der Waals surface area contributed by atoms with E-state index in [1.54, 1.807) is 11.3 Å². The molecule has 0 aromatic carbocycles. The van der Waals surface area contributed by atoms with Gasteiger partial charge in [0.05, 0.1) is 23.2 Å². The van der Waals surface area contributed by atoms with E-state index < -0.39 is 24.3 Å². The molecule has 2 aromatic heterocycles. The lowest BCUT2D eigenvalue weighted by Crippen LogP contribution is -2.48. The molecule has 0 amide bonds. The van der Waals surface area contributed by atoms with Gasteiger partial charge in [0.15, 0.2) is 5.82 Å². The second-order valence-electron chi connectivity index (χ2n) is 7.77. The van der Waals surface area contributed by atoms with Crippen molar-refractivity contribution in [1.82, 2.24) is 20.0 Å². The molecule has 2 N–H and O–H groups in total. The van der Waals surface area contributed by atoms with Crippen molar-refractivity contribution in [1.29, 1.82) is 0 Å². The minimum Gasteiger partial charge on any atom is -0.475 e. The Kier molecular flexibility index (Phi) is 9.78. The van der Waals surface area contributed by atoms with Crippen molar-refractivity contribution in [3.63, 3.8) is 0 Å². The van der Waals surface area contributed by atoms with E-state index in [0.29, 0.717) is 11.9 Å². The fourth-order valence-corrected chi connectivity index (χ4v) is 4.36. The molecular weight excluding hydrogens is 526 g/mol. The molecule has 0 unspecified atom stereocenters. The highest BCUT2D eigenvalue weighted by molar-refractivity contribution is 7.09. The number of ether oxygens (including phenoxy) is 1. The van der Waals surface area contributed by atoms with Gasteiger partial charge in [-0.15, -0.1) is 11.3 Å². The minimum absolute atomic E-state index is 0.258. The van der Waals surface area contributed by atoms with Crippen molar-refractivity contribution >= 4 is 23.3 Å². The summed E-state index contributed by atoms with van der Waals surface area (Å²) in [4.78, 5) is 30.4. The molecule has 3 atom stereocenters. The van der Waals surface area contributed by atoms with E-state index in [9.17, 15) is 26.3 Å². The Morgan fingerprint density at radius 3 is 2.17 bits per heavy atom. The van der Waals surface area contributed by atoms with E-state index in [1.807, 2.05) is 12.4 Å². The fourth-order valence-electron chi connectivity index (χ4n) is 3.56. The number of carbonyl (C=O) groups is 2. The Hall–Kier alpha value is -2.79. The summed E-state index contributed by atoms with van der Waals surface area (Å²) < 4.78 is 74.8. The number of hydrogen-bond acceptors (Lipinski definition) is 9. The number of carboxylic acid groups (broad SMARTS) is 2. The number of carboxylic acids is 2. The van der Waals surface area contributed by atoms with E-state index in [2.05, 4.69) is 26.9 Å². The van der Waals surface area contributed by atoms with Crippen molar-refractivity contribution < 1.29 is 55.4 Å². The van der Waals surface area contributed by atoms with E-state index >= 15 is 0 Å². The molecule has 36 heavy (non-hydrogen) atoms. The number of nitrogens with zero attached hydrogens (tertiary/aromatic N) is 4. The summed E-state index contributed by atoms with van der Waals surface area (Å²) in [5, 5.41) is 18.2. The average molecular weight is 548 g/mol. The van der Waals surface area contributed by atoms with Crippen molar-refractivity contribution in [3.8, 4) is 0 Å². The number of hydrogen-bond donors (Lipinski definition) is 2. The highest BCUT2D eigenvalue weighted by Crippen LogP contribution is 2.37. The third-order valence-electron chi connectivity index (χ3n) is 5.18. The molecular formula is C19H22F6N4O6S. The Labute approximate surface area is 203 Å². The van der Waals surface area contributed by atoms with Gasteiger partial charge in [0.25, 0.3) is 0 Å². The maximum absolute atomic E-state index is 10.6. The fraction of sp³-hybridized carbons (Fsp3) is 0.632. The molecule has 0 radical (unpaired) electrons. The third-order valence-corrected chi connectivity index (χ3v) is 6.10. The highest BCUT2D eigenvalue weighted by atomic mass is 32.1. The monoisotopic (exact) mass is 548 g/mol. The topological polar surface area (TPSA) is 139 Å². The summed E-state index contributed by atoms with van der Waals surface area (Å²) in [5.41, 5.74) is 3.06. The van der Waals surface area contributed by atoms with Crippen LogP contribution in [0.1, 0.15) is 41.0 Å². The molecule has 17 heteroatoms. The highest BCUT2D eigenvalue weighted by Gasteiger charge is 2.42. The van der Waals surface area contributed by atoms with Crippen molar-refractivity contribution in [3.05, 3.63) is 27.8 Å². The molecule has 10 nitrogen and oxygen atoms in total. The van der Waals surface area contributed by atoms with Crippen LogP contribution in [0.2, 0.25) is 0 Å². The number of aliphatic carboxylic acids is 2. The van der Waals surface area contributed by atoms with Gasteiger partial charge in [-0.2, -0.15) is 31.3 Å². The van der Waals surface area contributed by atoms with Crippen LogP contribution in [0, 0.1) is 13.8 Å². The number of aromatic nitrogens is 3. The molecule has 4 heterocycles. The summed E-state index contributed by atoms with van der Waals surface area (Å²) in [7, 11) is 0. The molecule has 2 fully saturated rings. The standard InChI is InChI=1S/C15H20N4O2S.2C2HF3O2/c1-9-14(22-8-16-9)7-19-6-11(15-17-10(2)18-21-15)5-13-12(19)3-4-20-13;2*3-2(4,5)1(6)7/h8,11-13H,3-7H2,1-2H3;2*(H,6,7)/t11-,12+,13+;;/m0../s1. The molecule has 0 saturated carbocycles. The normalized spacial score (nSPS) is 22.1. The van der Waals surface area contributed by atoms with Crippen LogP contribution in [0.15, 0.2) is 10.0 Å². The molecule has 2 aliphatic heterocycles. The van der Waals surface area contributed by atoms with E-state index in [-0.39, 0.29) is 12.0 Å². The average Bonchev–Trinajstić information content (AvgIpc) is 3.49. The van der Waals surface area contributed by atoms with Crippen LogP contribution >= 0.6 is 11.3 Å². The molecule has 2 saturated heterocycles. The number of likely N-dealkylation sites (tertiary alicyclic amines) is 1. The molecule has 0 spiro atoms. The first-order valence-corrected chi connectivity index (χ1v) is 11.1. The quantitative estimate of drug-likeness (QED) is 0.548. The summed E-state index contributed by atoms with van der Waals surface area (Å²) in [6.07, 6.45) is -7.80. The molecule has 0 bridgehead atoms. The predicted octanol–water partition coefficient (Wildman–Crippen LogP) is 3.56. The smallest absolute Gasteiger partial charge is 0.475 e. The van der Waals surface area contributed by atoms with Gasteiger partial charge in [-0.25, -0.2) is 14.6 Å². The van der Waals surface area contributed by atoms with Gasteiger partial charge in [0.1, 0.15) is 0 Å². The van der Waals surface area contributed by atoms with E-state index in [1.165, 1.54) is 4.88 Å². The maximum Gasteiger partial charge on any atom is 0.490 e. The summed E-state index contributed by atoms with van der Waals surface area (Å²) in [6, 6.07) is 0.502. The van der Waals surface area contributed by atoms with Gasteiger partial charge >= 0.3 is 24.3 Å². The summed E-state index contributed by atoms with van der Waals surface area (Å²) >= 11 is 1.73. The third kappa shape index (κ3) is 8.41. The number of fused-ring (bicyclic) bond motifs is 1. The van der Waals surface area contributed by atoms with Crippen LogP contribution in [0.25, 0.3) is 0 Å². The Balaban J connectivity index is 0.000000271. The SMILES string of the molecule is Cc1noc([C@H]2C[C@H]3OCC[C@H]3N(Cc3scnc3C)C2)n1.O=C(O)C(F)(F)F.O=C(O)C(F)(F)F. The predicted molar refractivity (Wildman–Crippen MR) is 109 cm³/mol. The second-order valence-corrected chi connectivity index (χ2v) is 8.71. The number of aryl methyl sites for hydroxylation is 2. The van der Waals surface area contributed by atoms with Crippen LogP contribution in [0.3, 0.4) is 0 Å². The first-order chi connectivity index (χ1) is 16.6. The molecule has 202 valence electrons. The van der Waals surface area contributed by atoms with Gasteiger partial charge in [-0.3, -0.25) is 4.90 Å². The van der Waals surface area contributed by atoms with E-state index in [0.717, 1.165) is 44.1 Å². The van der Waals surface area contributed by atoms with Gasteiger partial charge < -0.3 is 19.5 Å². The second kappa shape index (κ2) is 12.0. The van der Waals surface area contributed by atoms with Crippen LogP contribution in [-0.4, -0.2) is 79.8 Å². The molecule has 2 aromatic rings. The van der Waals surface area contributed by atoms with Crippen molar-refractivity contribution in [2.45, 2.75) is 63.7 Å². The lowest BCUT2D eigenvalue weighted by atomic mass is 9.90. The number of piperidine rings is 1. The zero-order valence-electron chi connectivity index (χ0n) is 18.8. The minimum atomic E-state index is -5.08. The molecule has 4 rings (SSSR count). The van der Waals surface area contributed by atoms with Gasteiger partial charge in [-0.1, -0.05) is 5.16 Å². The zero-order chi connectivity index (χ0) is 27.3. The number of halogens is 6. The van der Waals surface area contributed by atoms with Crippen LogP contribution in [0.4, 0.5) is 26.3 Å². The number of rotatable bonds is 3. The van der Waals surface area contributed by atoms with Gasteiger partial charge in [-0.05, 0) is 26.7 Å². The largest absolute Gasteiger partial charge is 0.490 e. The van der Waals surface area contributed by atoms with Crippen LogP contribution in [-0.2, 0) is 20.9 Å². The zero-order valence-corrected chi connectivity index (χ0v) is 19.7. The van der Waals surface area contributed by atoms with Gasteiger partial charge in [0.2, 0.25) is 5.89 Å². The maximum atomic E-state index is 10.6. The lowest BCUT2D eigenvalue weighted by molar-refractivity contribution is -0.193. The summed E-state index contributed by atoms with van der Waals surface area (Å²) in [5.74, 6) is -3.81. The number of thiazole rings is 1. The Morgan fingerprint density at radius 2 is 1.72 bits per heavy atom. The first kappa shape index (κ1) is 29.4. The van der Waals surface area contributed by atoms with Crippen LogP contribution < -0.4 is 0 Å². The lowest BCUT2D eigenvalue weighted by Gasteiger charge is -2.39. The molecule has 0 aliphatic carbocycles. The Morgan fingerprint density at radius 1 is 1.14 bits per heavy atom.